The quantitative estimate of drug-likeness (QED) is 0.129. The zero-order chi connectivity index (χ0) is 81.0. The van der Waals surface area contributed by atoms with Crippen molar-refractivity contribution in [2.24, 2.45) is 0 Å². The average molecular weight is 1590 g/mol. The summed E-state index contributed by atoms with van der Waals surface area (Å²) in [6, 6.07) is 31.3. The van der Waals surface area contributed by atoms with Crippen LogP contribution in [-0.4, -0.2) is 175 Å². The van der Waals surface area contributed by atoms with E-state index in [1.54, 1.807) is 71.1 Å². The van der Waals surface area contributed by atoms with Crippen molar-refractivity contribution < 1.29 is 8.78 Å². The number of nitrogens with zero attached hydrogens (tertiary/aromatic N) is 20. The van der Waals surface area contributed by atoms with Gasteiger partial charge in [-0.15, -0.1) is 0 Å². The van der Waals surface area contributed by atoms with Gasteiger partial charge in [-0.1, -0.05) is 23.8 Å². The molecule has 29 heteroatoms. The van der Waals surface area contributed by atoms with Gasteiger partial charge in [0.1, 0.15) is 28.2 Å². The van der Waals surface area contributed by atoms with Crippen LogP contribution >= 0.6 is 11.6 Å². The summed E-state index contributed by atoms with van der Waals surface area (Å²) in [5.41, 5.74) is 18.9. The van der Waals surface area contributed by atoms with Gasteiger partial charge in [-0.2, -0.15) is 0 Å². The van der Waals surface area contributed by atoms with Crippen molar-refractivity contribution in [1.29, 1.82) is 0 Å². The van der Waals surface area contributed by atoms with Crippen LogP contribution < -0.4 is 42.7 Å². The van der Waals surface area contributed by atoms with Crippen LogP contribution in [0.25, 0.3) is 101 Å². The zero-order valence-electron chi connectivity index (χ0n) is 66.2. The molecule has 0 spiro atoms. The highest BCUT2D eigenvalue weighted by molar-refractivity contribution is 6.33. The van der Waals surface area contributed by atoms with E-state index in [9.17, 15) is 28.0 Å². The molecule has 2 N–H and O–H groups in total. The monoisotopic (exact) mass is 1590 g/mol. The summed E-state index contributed by atoms with van der Waals surface area (Å²) in [7, 11) is 0. The highest BCUT2D eigenvalue weighted by atomic mass is 35.5. The Hall–Kier alpha value is -12.7. The van der Waals surface area contributed by atoms with Gasteiger partial charge < -0.3 is 38.0 Å². The minimum absolute atomic E-state index is 0.0594. The predicted octanol–water partition coefficient (Wildman–Crippen LogP) is 12.0. The summed E-state index contributed by atoms with van der Waals surface area (Å²) in [6.07, 6.45) is 28.2. The minimum atomic E-state index is -0.441. The molecule has 0 radical (unpaired) electrons. The lowest BCUT2D eigenvalue weighted by Crippen LogP contribution is -2.49. The molecule has 16 aromatic heterocycles. The second-order valence-corrected chi connectivity index (χ2v) is 31.1. The van der Waals surface area contributed by atoms with E-state index in [0.717, 1.165) is 176 Å². The summed E-state index contributed by atoms with van der Waals surface area (Å²) < 4.78 is 42.4. The molecule has 26 nitrogen and oxygen atoms in total. The van der Waals surface area contributed by atoms with Crippen LogP contribution in [0.4, 0.5) is 20.2 Å². The molecule has 0 unspecified atom stereocenters. The Morgan fingerprint density at radius 2 is 0.701 bits per heavy atom. The lowest BCUT2D eigenvalue weighted by atomic mass is 10.1. The van der Waals surface area contributed by atoms with Crippen LogP contribution in [0.1, 0.15) is 74.7 Å². The molecule has 0 amide bonds. The molecule has 4 aliphatic heterocycles. The van der Waals surface area contributed by atoms with Gasteiger partial charge in [-0.25, -0.2) is 48.7 Å². The van der Waals surface area contributed by atoms with Crippen molar-refractivity contribution in [2.45, 2.75) is 80.3 Å². The number of fused-ring (bicyclic) bond motifs is 8. The topological polar surface area (TPSA) is 244 Å². The maximum atomic E-state index is 14.5. The van der Waals surface area contributed by atoms with Crippen molar-refractivity contribution in [1.82, 2.24) is 95.5 Å². The highest BCUT2D eigenvalue weighted by Crippen LogP contribution is 2.30. The smallest absolute Gasteiger partial charge is 0.258 e. The molecule has 20 heterocycles. The Labute approximate surface area is 675 Å². The molecule has 0 aliphatic carbocycles. The van der Waals surface area contributed by atoms with E-state index in [4.69, 9.17) is 21.6 Å². The first-order valence-electron chi connectivity index (χ1n) is 39.4. The maximum absolute atomic E-state index is 14.5. The van der Waals surface area contributed by atoms with Crippen LogP contribution in [0.5, 0.6) is 0 Å². The molecule has 20 rings (SSSR count). The van der Waals surface area contributed by atoms with Crippen LogP contribution in [0.15, 0.2) is 209 Å². The first-order chi connectivity index (χ1) is 56.5. The number of halogens is 3. The molecule has 117 heavy (non-hydrogen) atoms. The highest BCUT2D eigenvalue weighted by Gasteiger charge is 2.24. The molecule has 4 aliphatic rings. The van der Waals surface area contributed by atoms with Crippen molar-refractivity contribution in [2.75, 3.05) is 88.3 Å². The van der Waals surface area contributed by atoms with E-state index >= 15 is 0 Å². The second-order valence-electron chi connectivity index (χ2n) is 30.7. The molecule has 594 valence electrons. The number of rotatable bonds is 10. The molecule has 2 fully saturated rings. The molecule has 0 bridgehead atoms. The van der Waals surface area contributed by atoms with Crippen molar-refractivity contribution in [3.63, 3.8) is 0 Å². The van der Waals surface area contributed by atoms with E-state index in [1.165, 1.54) is 22.6 Å². The van der Waals surface area contributed by atoms with Gasteiger partial charge in [-0.3, -0.25) is 46.6 Å². The fourth-order valence-electron chi connectivity index (χ4n) is 15.7. The fourth-order valence-corrected chi connectivity index (χ4v) is 16.0. The molecule has 0 atom stereocenters. The first-order valence-corrected chi connectivity index (χ1v) is 39.7. The Kier molecular flexibility index (Phi) is 21.1. The number of imidazole rings is 4. The molecule has 16 aromatic rings. The summed E-state index contributed by atoms with van der Waals surface area (Å²) in [5, 5.41) is 7.07. The normalized spacial score (nSPS) is 15.1. The molecule has 2 saturated heterocycles. The van der Waals surface area contributed by atoms with Gasteiger partial charge in [0.2, 0.25) is 0 Å². The summed E-state index contributed by atoms with van der Waals surface area (Å²) >= 11 is 6.42. The van der Waals surface area contributed by atoms with Crippen LogP contribution in [-0.2, 0) is 0 Å². The standard InChI is InChI=1S/C23H25ClN6O.C23H25FN6O.C21H18FN5O.C21H19N5O/c2*1-15(2)27-6-8-28(9-7-27)18-4-5-21-26-20(11-22(31)30(21)14-18)17-10-19(24)23-25-16(3)12-29(23)13-17;1-13-10-26-11-16(8-17(22)21(26)24-13)15-2-3-19-25-18(9-20(28)27(19)12-15)14-4-6-23-7-5-14;1-14-11-25-12-16(2-4-19(25)23-14)17-3-5-20-24-18(10-21(27)26(20)13-17)15-6-8-22-9-7-15/h2*4-5,10-15H,6-9H2,1-3H3;2-4,8-12,23H,5-7H2,1H3;2-6,10-13,22H,7-9H2,1H3. The lowest BCUT2D eigenvalue weighted by Gasteiger charge is -2.38. The third-order valence-corrected chi connectivity index (χ3v) is 22.2. The number of pyridine rings is 8. The van der Waals surface area contributed by atoms with Crippen molar-refractivity contribution in [3.8, 4) is 44.8 Å². The number of anilines is 2. The molecular weight excluding hydrogens is 1500 g/mol. The minimum Gasteiger partial charge on any atom is -0.368 e. The number of hydrogen-bond acceptors (Lipinski definition) is 18. The number of aromatic nitrogens is 16. The number of piperazine rings is 2. The SMILES string of the molecule is Cc1cn2cc(-c3cc(=O)n4cc(N5CCN(C(C)C)CC5)ccc4n3)cc(Cl)c2n1.Cc1cn2cc(-c3cc(=O)n4cc(N5CCN(C(C)C)CC5)ccc4n3)cc(F)c2n1.Cc1cn2cc(-c3ccc4nc(C5=CCNCC5)cc(=O)n4c3)cc(F)c2n1.Cc1cn2cc(-c3ccc4nc(C5=CCNCC5)cc(=O)n4c3)ccc2n1. The third-order valence-electron chi connectivity index (χ3n) is 21.9. The van der Waals surface area contributed by atoms with Gasteiger partial charge in [-0.05, 0) is 177 Å². The predicted molar refractivity (Wildman–Crippen MR) is 455 cm³/mol. The summed E-state index contributed by atoms with van der Waals surface area (Å²) in [5.74, 6) is -0.840. The lowest BCUT2D eigenvalue weighted by molar-refractivity contribution is 0.209. The van der Waals surface area contributed by atoms with Crippen LogP contribution in [0.3, 0.4) is 0 Å². The molecule has 0 saturated carbocycles. The van der Waals surface area contributed by atoms with Gasteiger partial charge in [0, 0.05) is 204 Å². The number of aryl methyl sites for hydroxylation is 4. The molecular formula is C88H87ClF2N22O4. The van der Waals surface area contributed by atoms with E-state index in [1.807, 2.05) is 147 Å². The van der Waals surface area contributed by atoms with Gasteiger partial charge >= 0.3 is 0 Å². The van der Waals surface area contributed by atoms with Gasteiger partial charge in [0.05, 0.1) is 61.9 Å². The van der Waals surface area contributed by atoms with Gasteiger partial charge in [0.15, 0.2) is 28.6 Å². The van der Waals surface area contributed by atoms with E-state index in [-0.39, 0.29) is 27.9 Å². The van der Waals surface area contributed by atoms with Crippen LogP contribution in [0.2, 0.25) is 5.02 Å². The Morgan fingerprint density at radius 1 is 0.350 bits per heavy atom. The first kappa shape index (κ1) is 76.9. The Morgan fingerprint density at radius 3 is 1.15 bits per heavy atom. The van der Waals surface area contributed by atoms with Crippen molar-refractivity contribution >= 4 is 79.3 Å². The largest absolute Gasteiger partial charge is 0.368 e. The fraction of sp³-hybridized carbons (Fsp3) is 0.273. The summed E-state index contributed by atoms with van der Waals surface area (Å²) in [6.45, 7) is 27.6. The van der Waals surface area contributed by atoms with E-state index in [0.29, 0.717) is 73.5 Å². The average Bonchev–Trinajstić information content (AvgIpc) is 1.71. The third kappa shape index (κ3) is 16.1. The molecule has 0 aromatic carbocycles. The van der Waals surface area contributed by atoms with Crippen LogP contribution in [0, 0.1) is 39.3 Å². The second kappa shape index (κ2) is 32.2. The van der Waals surface area contributed by atoms with Crippen molar-refractivity contribution in [3.05, 3.63) is 282 Å². The van der Waals surface area contributed by atoms with E-state index < -0.39 is 11.6 Å². The zero-order valence-corrected chi connectivity index (χ0v) is 66.9. The Balaban J connectivity index is 0.000000112. The number of hydrogen-bond donors (Lipinski definition) is 2. The number of nitrogens with one attached hydrogen (secondary N) is 2. The maximum Gasteiger partial charge on any atom is 0.258 e. The van der Waals surface area contributed by atoms with E-state index in [2.05, 4.69) is 100.0 Å². The van der Waals surface area contributed by atoms with Gasteiger partial charge in [0.25, 0.3) is 22.2 Å². The Bertz CT molecular complexity index is 6680. The summed E-state index contributed by atoms with van der Waals surface area (Å²) in [4.78, 5) is 96.7.